The zero-order valence-corrected chi connectivity index (χ0v) is 12.8. The van der Waals surface area contributed by atoms with Gasteiger partial charge in [-0.25, -0.2) is 0 Å². The number of benzene rings is 1. The third-order valence-electron chi connectivity index (χ3n) is 3.22. The third-order valence-corrected chi connectivity index (χ3v) is 3.71. The van der Waals surface area contributed by atoms with E-state index in [-0.39, 0.29) is 11.8 Å². The minimum atomic E-state index is -0.0672. The van der Waals surface area contributed by atoms with Crippen LogP contribution in [0, 0.1) is 12.8 Å². The molecule has 0 aliphatic heterocycles. The summed E-state index contributed by atoms with van der Waals surface area (Å²) in [4.78, 5) is 13.9. The number of hydrogen-bond acceptors (Lipinski definition) is 2. The van der Waals surface area contributed by atoms with Gasteiger partial charge in [-0.1, -0.05) is 28.9 Å². The van der Waals surface area contributed by atoms with E-state index in [2.05, 4.69) is 35.0 Å². The summed E-state index contributed by atoms with van der Waals surface area (Å²) < 4.78 is 1.04. The van der Waals surface area contributed by atoms with Crippen LogP contribution in [-0.4, -0.2) is 24.4 Å². The van der Waals surface area contributed by atoms with E-state index in [0.29, 0.717) is 13.1 Å². The molecule has 1 aromatic rings. The van der Waals surface area contributed by atoms with Crippen molar-refractivity contribution in [2.24, 2.45) is 11.7 Å². The summed E-state index contributed by atoms with van der Waals surface area (Å²) in [7, 11) is 1.83. The quantitative estimate of drug-likeness (QED) is 0.908. The van der Waals surface area contributed by atoms with Gasteiger partial charge in [0.15, 0.2) is 0 Å². The first-order valence-electron chi connectivity index (χ1n) is 6.19. The number of nitrogens with zero attached hydrogens (tertiary/aromatic N) is 1. The molecule has 0 saturated carbocycles. The van der Waals surface area contributed by atoms with Gasteiger partial charge in [0.1, 0.15) is 0 Å². The fourth-order valence-electron chi connectivity index (χ4n) is 1.90. The standard InChI is InChI=1S/C14H21BrN2O/c1-4-11(8-16)14(18)17(3)9-12-7-13(15)6-5-10(12)2/h5-7,11H,4,8-9,16H2,1-3H3. The summed E-state index contributed by atoms with van der Waals surface area (Å²) in [5.41, 5.74) is 7.97. The van der Waals surface area contributed by atoms with Crippen LogP contribution in [0.4, 0.5) is 0 Å². The smallest absolute Gasteiger partial charge is 0.226 e. The molecule has 1 aromatic carbocycles. The van der Waals surface area contributed by atoms with Gasteiger partial charge >= 0.3 is 0 Å². The van der Waals surface area contributed by atoms with Crippen LogP contribution >= 0.6 is 15.9 Å². The minimum Gasteiger partial charge on any atom is -0.341 e. The molecule has 0 aliphatic carbocycles. The van der Waals surface area contributed by atoms with Gasteiger partial charge < -0.3 is 10.6 Å². The summed E-state index contributed by atoms with van der Waals surface area (Å²) in [6.07, 6.45) is 0.789. The monoisotopic (exact) mass is 312 g/mol. The van der Waals surface area contributed by atoms with Gasteiger partial charge in [0.05, 0.1) is 5.92 Å². The van der Waals surface area contributed by atoms with Crippen molar-refractivity contribution >= 4 is 21.8 Å². The maximum Gasteiger partial charge on any atom is 0.226 e. The molecule has 0 saturated heterocycles. The predicted octanol–water partition coefficient (Wildman–Crippen LogP) is 2.70. The molecule has 1 atom stereocenters. The number of carbonyl (C=O) groups excluding carboxylic acids is 1. The highest BCUT2D eigenvalue weighted by Crippen LogP contribution is 2.18. The molecule has 0 spiro atoms. The molecule has 2 N–H and O–H groups in total. The van der Waals surface area contributed by atoms with Crippen molar-refractivity contribution in [3.05, 3.63) is 33.8 Å². The van der Waals surface area contributed by atoms with Crippen LogP contribution in [-0.2, 0) is 11.3 Å². The Labute approximate surface area is 117 Å². The molecule has 1 amide bonds. The molecule has 18 heavy (non-hydrogen) atoms. The van der Waals surface area contributed by atoms with Crippen LogP contribution in [0.15, 0.2) is 22.7 Å². The molecular formula is C14H21BrN2O. The predicted molar refractivity (Wildman–Crippen MR) is 78.2 cm³/mol. The Kier molecular flexibility index (Phi) is 5.82. The summed E-state index contributed by atoms with van der Waals surface area (Å²) in [6, 6.07) is 6.12. The molecule has 3 nitrogen and oxygen atoms in total. The highest BCUT2D eigenvalue weighted by Gasteiger charge is 2.19. The lowest BCUT2D eigenvalue weighted by atomic mass is 10.0. The Morgan fingerprint density at radius 2 is 2.17 bits per heavy atom. The van der Waals surface area contributed by atoms with Gasteiger partial charge in [0, 0.05) is 24.6 Å². The number of nitrogens with two attached hydrogens (primary N) is 1. The highest BCUT2D eigenvalue weighted by molar-refractivity contribution is 9.10. The van der Waals surface area contributed by atoms with Crippen molar-refractivity contribution in [2.75, 3.05) is 13.6 Å². The number of aryl methyl sites for hydroxylation is 1. The van der Waals surface area contributed by atoms with E-state index in [1.165, 1.54) is 5.56 Å². The van der Waals surface area contributed by atoms with Crippen molar-refractivity contribution < 1.29 is 4.79 Å². The maximum atomic E-state index is 12.1. The first-order valence-corrected chi connectivity index (χ1v) is 6.99. The maximum absolute atomic E-state index is 12.1. The highest BCUT2D eigenvalue weighted by atomic mass is 79.9. The lowest BCUT2D eigenvalue weighted by Gasteiger charge is -2.23. The second-order valence-corrected chi connectivity index (χ2v) is 5.52. The van der Waals surface area contributed by atoms with Gasteiger partial charge in [-0.3, -0.25) is 4.79 Å². The molecule has 4 heteroatoms. The molecule has 100 valence electrons. The number of rotatable bonds is 5. The molecule has 0 aliphatic rings. The summed E-state index contributed by atoms with van der Waals surface area (Å²) in [6.45, 7) is 5.09. The lowest BCUT2D eigenvalue weighted by molar-refractivity contribution is -0.134. The van der Waals surface area contributed by atoms with Crippen LogP contribution in [0.3, 0.4) is 0 Å². The van der Waals surface area contributed by atoms with Gasteiger partial charge in [-0.2, -0.15) is 0 Å². The first-order chi connectivity index (χ1) is 8.49. The summed E-state index contributed by atoms with van der Waals surface area (Å²) >= 11 is 3.46. The van der Waals surface area contributed by atoms with E-state index >= 15 is 0 Å². The van der Waals surface area contributed by atoms with Crippen LogP contribution in [0.5, 0.6) is 0 Å². The van der Waals surface area contributed by atoms with E-state index in [0.717, 1.165) is 16.5 Å². The molecule has 0 radical (unpaired) electrons. The fourth-order valence-corrected chi connectivity index (χ4v) is 2.31. The second-order valence-electron chi connectivity index (χ2n) is 4.61. The van der Waals surface area contributed by atoms with Crippen molar-refractivity contribution in [1.29, 1.82) is 0 Å². The van der Waals surface area contributed by atoms with Crippen LogP contribution in [0.2, 0.25) is 0 Å². The topological polar surface area (TPSA) is 46.3 Å². The average molecular weight is 313 g/mol. The molecule has 0 fully saturated rings. The molecule has 0 bridgehead atoms. The Morgan fingerprint density at radius 1 is 1.50 bits per heavy atom. The largest absolute Gasteiger partial charge is 0.341 e. The van der Waals surface area contributed by atoms with E-state index in [4.69, 9.17) is 5.73 Å². The first kappa shape index (κ1) is 15.2. The van der Waals surface area contributed by atoms with E-state index in [9.17, 15) is 4.79 Å². The average Bonchev–Trinajstić information content (AvgIpc) is 2.35. The molecule has 1 rings (SSSR count). The lowest BCUT2D eigenvalue weighted by Crippen LogP contribution is -2.36. The van der Waals surface area contributed by atoms with Gasteiger partial charge in [0.2, 0.25) is 5.91 Å². The molecular weight excluding hydrogens is 292 g/mol. The third kappa shape index (κ3) is 3.82. The summed E-state index contributed by atoms with van der Waals surface area (Å²) in [5, 5.41) is 0. The van der Waals surface area contributed by atoms with E-state index < -0.39 is 0 Å². The number of carbonyl (C=O) groups is 1. The Morgan fingerprint density at radius 3 is 2.72 bits per heavy atom. The number of amides is 1. The molecule has 1 unspecified atom stereocenters. The zero-order chi connectivity index (χ0) is 13.7. The Bertz CT molecular complexity index is 416. The van der Waals surface area contributed by atoms with Crippen LogP contribution in [0.25, 0.3) is 0 Å². The van der Waals surface area contributed by atoms with Gasteiger partial charge in [-0.15, -0.1) is 0 Å². The van der Waals surface area contributed by atoms with E-state index in [1.54, 1.807) is 4.90 Å². The summed E-state index contributed by atoms with van der Waals surface area (Å²) in [5.74, 6) is 0.0573. The minimum absolute atomic E-state index is 0.0672. The van der Waals surface area contributed by atoms with Crippen molar-refractivity contribution in [2.45, 2.75) is 26.8 Å². The molecule has 0 heterocycles. The second kappa shape index (κ2) is 6.90. The number of hydrogen-bond donors (Lipinski definition) is 1. The van der Waals surface area contributed by atoms with Gasteiger partial charge in [-0.05, 0) is 36.6 Å². The number of halogens is 1. The van der Waals surface area contributed by atoms with E-state index in [1.807, 2.05) is 20.0 Å². The van der Waals surface area contributed by atoms with Crippen LogP contribution < -0.4 is 5.73 Å². The van der Waals surface area contributed by atoms with Crippen molar-refractivity contribution in [3.63, 3.8) is 0 Å². The SMILES string of the molecule is CCC(CN)C(=O)N(C)Cc1cc(Br)ccc1C. The Balaban J connectivity index is 2.77. The van der Waals surface area contributed by atoms with Crippen molar-refractivity contribution in [1.82, 2.24) is 4.90 Å². The molecule has 0 aromatic heterocycles. The van der Waals surface area contributed by atoms with Crippen LogP contribution in [0.1, 0.15) is 24.5 Å². The zero-order valence-electron chi connectivity index (χ0n) is 11.2. The van der Waals surface area contributed by atoms with Crippen molar-refractivity contribution in [3.8, 4) is 0 Å². The normalized spacial score (nSPS) is 12.3. The van der Waals surface area contributed by atoms with Gasteiger partial charge in [0.25, 0.3) is 0 Å². The Hall–Kier alpha value is -0.870. The fraction of sp³-hybridized carbons (Fsp3) is 0.500.